The molecule has 10 nitrogen and oxygen atoms in total. The number of para-hydroxylation sites is 1. The number of morpholine rings is 1. The highest BCUT2D eigenvalue weighted by atomic mass is 32.2. The molecule has 2 amide bonds. The zero-order chi connectivity index (χ0) is 22.6. The molecule has 0 unspecified atom stereocenters. The van der Waals surface area contributed by atoms with Crippen LogP contribution in [0.5, 0.6) is 0 Å². The van der Waals surface area contributed by atoms with Gasteiger partial charge in [0.1, 0.15) is 0 Å². The van der Waals surface area contributed by atoms with Crippen LogP contribution >= 0.6 is 11.3 Å². The minimum atomic E-state index is -4.13. The van der Waals surface area contributed by atoms with Crippen LogP contribution in [-0.4, -0.2) is 61.6 Å². The largest absolute Gasteiger partial charge is 0.378 e. The average molecular weight is 474 g/mol. The van der Waals surface area contributed by atoms with Crippen molar-refractivity contribution >= 4 is 44.0 Å². The van der Waals surface area contributed by atoms with E-state index in [9.17, 15) is 18.0 Å². The topological polar surface area (TPSA) is 131 Å². The van der Waals surface area contributed by atoms with Crippen molar-refractivity contribution in [2.45, 2.75) is 4.34 Å². The third-order valence-corrected chi connectivity index (χ3v) is 7.16. The molecule has 1 aliphatic rings. The number of hydrogen-bond acceptors (Lipinski definition) is 8. The molecule has 32 heavy (non-hydrogen) atoms. The summed E-state index contributed by atoms with van der Waals surface area (Å²) in [6, 6.07) is 14.8. The minimum absolute atomic E-state index is 0.0388. The first kappa shape index (κ1) is 21.9. The van der Waals surface area contributed by atoms with E-state index in [1.165, 1.54) is 6.07 Å². The molecular formula is C20H19N5O5S2. The summed E-state index contributed by atoms with van der Waals surface area (Å²) < 4.78 is 33.1. The molecule has 0 saturated carbocycles. The van der Waals surface area contributed by atoms with E-state index in [0.717, 1.165) is 0 Å². The number of benzene rings is 2. The number of aromatic nitrogens is 2. The number of ether oxygens (including phenoxy) is 1. The van der Waals surface area contributed by atoms with Crippen LogP contribution in [0.3, 0.4) is 0 Å². The van der Waals surface area contributed by atoms with Crippen LogP contribution in [0.25, 0.3) is 0 Å². The minimum Gasteiger partial charge on any atom is -0.378 e. The predicted octanol–water partition coefficient (Wildman–Crippen LogP) is 2.06. The normalized spacial score (nSPS) is 14.1. The van der Waals surface area contributed by atoms with E-state index >= 15 is 0 Å². The first-order valence-corrected chi connectivity index (χ1v) is 11.9. The van der Waals surface area contributed by atoms with Crippen LogP contribution in [0.15, 0.2) is 58.9 Å². The molecule has 4 rings (SSSR count). The molecule has 0 spiro atoms. The van der Waals surface area contributed by atoms with Crippen molar-refractivity contribution in [3.63, 3.8) is 0 Å². The lowest BCUT2D eigenvalue weighted by atomic mass is 10.1. The third-order valence-electron chi connectivity index (χ3n) is 4.59. The maximum Gasteiger partial charge on any atom is 0.291 e. The second kappa shape index (κ2) is 9.42. The quantitative estimate of drug-likeness (QED) is 0.524. The van der Waals surface area contributed by atoms with E-state index in [-0.39, 0.29) is 26.6 Å². The van der Waals surface area contributed by atoms with Crippen LogP contribution in [0.1, 0.15) is 20.7 Å². The highest BCUT2D eigenvalue weighted by molar-refractivity contribution is 7.94. The number of sulfonamides is 1. The molecule has 0 atom stereocenters. The molecule has 2 N–H and O–H groups in total. The number of nitrogens with zero attached hydrogens (tertiary/aromatic N) is 3. The summed E-state index contributed by atoms with van der Waals surface area (Å²) in [6.45, 7) is 1.73. The number of anilines is 2. The second-order valence-electron chi connectivity index (χ2n) is 6.75. The standard InChI is InChI=1S/C20H19N5O5S2/c26-17(14-6-2-1-3-7-14)21-19-22-23-20(31-19)32(28,29)24-16-9-5-4-8-15(16)18(27)25-10-12-30-13-11-25/h1-9,24H,10-13H2,(H,21,22,26). The van der Waals surface area contributed by atoms with Gasteiger partial charge in [-0.3, -0.25) is 19.6 Å². The Balaban J connectivity index is 1.51. The Morgan fingerprint density at radius 3 is 2.41 bits per heavy atom. The molecule has 2 heterocycles. The SMILES string of the molecule is O=C(Nc1nnc(S(=O)(=O)Nc2ccccc2C(=O)N2CCOCC2)s1)c1ccccc1. The van der Waals surface area contributed by atoms with E-state index in [1.807, 2.05) is 0 Å². The van der Waals surface area contributed by atoms with Crippen LogP contribution in [0, 0.1) is 0 Å². The van der Waals surface area contributed by atoms with Gasteiger partial charge in [-0.2, -0.15) is 8.42 Å². The van der Waals surface area contributed by atoms with E-state index in [0.29, 0.717) is 43.2 Å². The fraction of sp³-hybridized carbons (Fsp3) is 0.200. The van der Waals surface area contributed by atoms with E-state index in [4.69, 9.17) is 4.74 Å². The van der Waals surface area contributed by atoms with Gasteiger partial charge in [0.05, 0.1) is 24.5 Å². The average Bonchev–Trinajstić information content (AvgIpc) is 3.29. The summed E-state index contributed by atoms with van der Waals surface area (Å²) in [5, 5.41) is 10.0. The van der Waals surface area contributed by atoms with Gasteiger partial charge < -0.3 is 9.64 Å². The molecule has 1 aromatic heterocycles. The summed E-state index contributed by atoms with van der Waals surface area (Å²) in [5.41, 5.74) is 0.759. The molecular weight excluding hydrogens is 454 g/mol. The highest BCUT2D eigenvalue weighted by Gasteiger charge is 2.26. The van der Waals surface area contributed by atoms with Crippen LogP contribution in [-0.2, 0) is 14.8 Å². The van der Waals surface area contributed by atoms with Crippen LogP contribution in [0.2, 0.25) is 0 Å². The van der Waals surface area contributed by atoms with Crippen molar-refractivity contribution in [1.29, 1.82) is 0 Å². The lowest BCUT2D eigenvalue weighted by molar-refractivity contribution is 0.0303. The maximum atomic E-state index is 12.9. The number of amides is 2. The Labute approximate surface area is 188 Å². The number of nitrogens with one attached hydrogen (secondary N) is 2. The summed E-state index contributed by atoms with van der Waals surface area (Å²) in [4.78, 5) is 26.7. The van der Waals surface area contributed by atoms with E-state index in [1.54, 1.807) is 53.4 Å². The first-order chi connectivity index (χ1) is 15.4. The van der Waals surface area contributed by atoms with Crippen molar-refractivity contribution in [3.05, 3.63) is 65.7 Å². The molecule has 1 aliphatic heterocycles. The van der Waals surface area contributed by atoms with Gasteiger partial charge >= 0.3 is 0 Å². The predicted molar refractivity (Wildman–Crippen MR) is 118 cm³/mol. The molecule has 1 saturated heterocycles. The first-order valence-electron chi connectivity index (χ1n) is 9.63. The van der Waals surface area contributed by atoms with E-state index in [2.05, 4.69) is 20.2 Å². The lowest BCUT2D eigenvalue weighted by Crippen LogP contribution is -2.41. The summed E-state index contributed by atoms with van der Waals surface area (Å²) >= 11 is 0.708. The van der Waals surface area contributed by atoms with Crippen molar-refractivity contribution in [2.75, 3.05) is 36.3 Å². The highest BCUT2D eigenvalue weighted by Crippen LogP contribution is 2.25. The van der Waals surface area contributed by atoms with Gasteiger partial charge in [0, 0.05) is 18.7 Å². The summed E-state index contributed by atoms with van der Waals surface area (Å²) in [5.74, 6) is -0.722. The number of hydrogen-bond donors (Lipinski definition) is 2. The Hall–Kier alpha value is -3.35. The molecule has 1 fully saturated rings. The molecule has 0 aliphatic carbocycles. The van der Waals surface area contributed by atoms with Gasteiger partial charge in [-0.15, -0.1) is 10.2 Å². The van der Waals surface area contributed by atoms with Gasteiger partial charge in [0.15, 0.2) is 0 Å². The molecule has 2 aromatic carbocycles. The van der Waals surface area contributed by atoms with Crippen LogP contribution < -0.4 is 10.0 Å². The maximum absolute atomic E-state index is 12.9. The molecule has 0 bridgehead atoms. The number of carbonyl (C=O) groups excluding carboxylic acids is 2. The van der Waals surface area contributed by atoms with Gasteiger partial charge in [-0.05, 0) is 24.3 Å². The van der Waals surface area contributed by atoms with E-state index < -0.39 is 15.9 Å². The lowest BCUT2D eigenvalue weighted by Gasteiger charge is -2.27. The Morgan fingerprint density at radius 2 is 1.66 bits per heavy atom. The molecule has 12 heteroatoms. The van der Waals surface area contributed by atoms with Gasteiger partial charge in [0.2, 0.25) is 5.13 Å². The van der Waals surface area contributed by atoms with Crippen LogP contribution in [0.4, 0.5) is 10.8 Å². The van der Waals surface area contributed by atoms with Crippen molar-refractivity contribution in [2.24, 2.45) is 0 Å². The zero-order valence-electron chi connectivity index (χ0n) is 16.7. The number of rotatable bonds is 6. The Kier molecular flexibility index (Phi) is 6.44. The van der Waals surface area contributed by atoms with Crippen molar-refractivity contribution in [3.8, 4) is 0 Å². The Bertz CT molecular complexity index is 1220. The fourth-order valence-electron chi connectivity index (χ4n) is 3.01. The number of carbonyl (C=O) groups is 2. The van der Waals surface area contributed by atoms with Gasteiger partial charge in [0.25, 0.3) is 26.2 Å². The van der Waals surface area contributed by atoms with Crippen molar-refractivity contribution < 1.29 is 22.7 Å². The summed E-state index contributed by atoms with van der Waals surface area (Å²) in [6.07, 6.45) is 0. The van der Waals surface area contributed by atoms with Gasteiger partial charge in [-0.1, -0.05) is 41.7 Å². The summed E-state index contributed by atoms with van der Waals surface area (Å²) in [7, 11) is -4.13. The molecule has 0 radical (unpaired) electrons. The molecule has 166 valence electrons. The Morgan fingerprint density at radius 1 is 0.969 bits per heavy atom. The third kappa shape index (κ3) is 4.93. The second-order valence-corrected chi connectivity index (χ2v) is 9.58. The van der Waals surface area contributed by atoms with Gasteiger partial charge in [-0.25, -0.2) is 0 Å². The molecule has 3 aromatic rings. The zero-order valence-corrected chi connectivity index (χ0v) is 18.4. The monoisotopic (exact) mass is 473 g/mol. The smallest absolute Gasteiger partial charge is 0.291 e. The fourth-order valence-corrected chi connectivity index (χ4v) is 4.99. The van der Waals surface area contributed by atoms with Crippen molar-refractivity contribution in [1.82, 2.24) is 15.1 Å².